The Morgan fingerprint density at radius 3 is 2.45 bits per heavy atom. The third-order valence-corrected chi connectivity index (χ3v) is 5.98. The van der Waals surface area contributed by atoms with Crippen LogP contribution in [0.3, 0.4) is 0 Å². The molecule has 0 fully saturated rings. The summed E-state index contributed by atoms with van der Waals surface area (Å²) in [5, 5.41) is 10.7. The molecular weight excluding hydrogens is 460 g/mol. The molecule has 0 amide bonds. The van der Waals surface area contributed by atoms with Gasteiger partial charge in [0, 0.05) is 27.7 Å². The van der Waals surface area contributed by atoms with Crippen molar-refractivity contribution in [1.29, 1.82) is 0 Å². The van der Waals surface area contributed by atoms with E-state index in [4.69, 9.17) is 28.3 Å². The molecule has 0 saturated carbocycles. The summed E-state index contributed by atoms with van der Waals surface area (Å²) in [7, 11) is 0. The number of aliphatic carboxylic acids is 1. The van der Waals surface area contributed by atoms with E-state index in [0.717, 1.165) is 44.9 Å². The molecule has 33 heavy (non-hydrogen) atoms. The lowest BCUT2D eigenvalue weighted by molar-refractivity contribution is -0.131. The third-order valence-electron chi connectivity index (χ3n) is 5.43. The quantitative estimate of drug-likeness (QED) is 0.217. The molecule has 6 heteroatoms. The predicted molar refractivity (Wildman–Crippen MR) is 134 cm³/mol. The Balaban J connectivity index is 1.97. The Morgan fingerprint density at radius 1 is 1.03 bits per heavy atom. The molecule has 4 aromatic rings. The highest BCUT2D eigenvalue weighted by Gasteiger charge is 2.17. The Kier molecular flexibility index (Phi) is 6.68. The van der Waals surface area contributed by atoms with Crippen molar-refractivity contribution in [3.63, 3.8) is 0 Å². The fourth-order valence-corrected chi connectivity index (χ4v) is 4.47. The lowest BCUT2D eigenvalue weighted by Gasteiger charge is -2.18. The minimum Gasteiger partial charge on any atom is -0.478 e. The third kappa shape index (κ3) is 4.87. The van der Waals surface area contributed by atoms with Crippen LogP contribution in [0, 0.1) is 5.82 Å². The average Bonchev–Trinajstić information content (AvgIpc) is 3.26. The minimum atomic E-state index is -1.01. The first-order valence-corrected chi connectivity index (χ1v) is 11.1. The number of carboxylic acid groups (broad SMARTS) is 1. The van der Waals surface area contributed by atoms with Crippen molar-refractivity contribution in [3.05, 3.63) is 111 Å². The summed E-state index contributed by atoms with van der Waals surface area (Å²) in [4.78, 5) is 13.8. The summed E-state index contributed by atoms with van der Waals surface area (Å²) >= 11 is 12.7. The van der Waals surface area contributed by atoms with Gasteiger partial charge in [0.05, 0.1) is 5.52 Å². The summed E-state index contributed by atoms with van der Waals surface area (Å²) in [6.07, 6.45) is 4.97. The zero-order valence-electron chi connectivity index (χ0n) is 17.7. The van der Waals surface area contributed by atoms with Gasteiger partial charge in [0.15, 0.2) is 0 Å². The summed E-state index contributed by atoms with van der Waals surface area (Å²) in [6, 6.07) is 18.1. The van der Waals surface area contributed by atoms with Crippen LogP contribution in [0.15, 0.2) is 72.9 Å². The molecule has 1 aromatic heterocycles. The molecule has 0 bridgehead atoms. The first-order valence-electron chi connectivity index (χ1n) is 10.3. The number of fused-ring (bicyclic) bond motifs is 1. The number of benzene rings is 3. The van der Waals surface area contributed by atoms with Crippen LogP contribution >= 0.6 is 23.2 Å². The van der Waals surface area contributed by atoms with Crippen LogP contribution < -0.4 is 0 Å². The molecule has 0 spiro atoms. The Hall–Kier alpha value is -3.34. The first-order chi connectivity index (χ1) is 15.9. The minimum absolute atomic E-state index is 0.344. The van der Waals surface area contributed by atoms with E-state index < -0.39 is 5.97 Å². The molecule has 1 heterocycles. The number of rotatable bonds is 6. The molecule has 166 valence electrons. The van der Waals surface area contributed by atoms with Gasteiger partial charge < -0.3 is 10.1 Å². The van der Waals surface area contributed by atoms with E-state index >= 15 is 0 Å². The van der Waals surface area contributed by atoms with E-state index in [9.17, 15) is 9.18 Å². The van der Waals surface area contributed by atoms with Gasteiger partial charge in [0.25, 0.3) is 0 Å². The van der Waals surface area contributed by atoms with Gasteiger partial charge in [-0.1, -0.05) is 60.5 Å². The largest absolute Gasteiger partial charge is 0.478 e. The van der Waals surface area contributed by atoms with Crippen molar-refractivity contribution in [1.82, 2.24) is 4.98 Å². The lowest BCUT2D eigenvalue weighted by Crippen LogP contribution is -1.97. The highest BCUT2D eigenvalue weighted by molar-refractivity contribution is 6.36. The monoisotopic (exact) mass is 479 g/mol. The van der Waals surface area contributed by atoms with Gasteiger partial charge >= 0.3 is 5.97 Å². The zero-order chi connectivity index (χ0) is 23.5. The summed E-state index contributed by atoms with van der Waals surface area (Å²) in [5.74, 6) is -1.36. The second-order valence-electron chi connectivity index (χ2n) is 7.52. The molecule has 2 N–H and O–H groups in total. The van der Waals surface area contributed by atoms with E-state index in [1.54, 1.807) is 18.3 Å². The highest BCUT2D eigenvalue weighted by atomic mass is 35.5. The fourth-order valence-electron chi connectivity index (χ4n) is 3.95. The lowest BCUT2D eigenvalue weighted by atomic mass is 9.87. The van der Waals surface area contributed by atoms with Gasteiger partial charge in [-0.3, -0.25) is 0 Å². The van der Waals surface area contributed by atoms with Gasteiger partial charge in [-0.25, -0.2) is 9.18 Å². The fraction of sp³-hybridized carbons (Fsp3) is 0.0741. The van der Waals surface area contributed by atoms with Crippen LogP contribution in [0.1, 0.15) is 35.6 Å². The van der Waals surface area contributed by atoms with Gasteiger partial charge in [-0.05, 0) is 76.2 Å². The number of aromatic nitrogens is 1. The molecule has 0 radical (unpaired) electrons. The van der Waals surface area contributed by atoms with Crippen molar-refractivity contribution in [2.75, 3.05) is 0 Å². The molecule has 3 aromatic carbocycles. The maximum Gasteiger partial charge on any atom is 0.328 e. The molecule has 0 saturated heterocycles. The SMILES string of the molecule is CCC(=C(c1ccc(C=CC(=O)O)cc1)c1cc(F)c2[nH]ccc2c1)c1ccc(Cl)cc1Cl. The van der Waals surface area contributed by atoms with Crippen LogP contribution in [-0.2, 0) is 4.79 Å². The molecular formula is C27H20Cl2FNO2. The maximum atomic E-state index is 14.9. The number of hydrogen-bond acceptors (Lipinski definition) is 1. The van der Waals surface area contributed by atoms with Gasteiger partial charge in [0.2, 0.25) is 0 Å². The van der Waals surface area contributed by atoms with Crippen LogP contribution in [-0.4, -0.2) is 16.1 Å². The number of H-pyrrole nitrogens is 1. The first kappa shape index (κ1) is 22.8. The number of carboxylic acids is 1. The van der Waals surface area contributed by atoms with Gasteiger partial charge in [0.1, 0.15) is 5.82 Å². The van der Waals surface area contributed by atoms with E-state index in [2.05, 4.69) is 4.98 Å². The van der Waals surface area contributed by atoms with Crippen molar-refractivity contribution in [2.24, 2.45) is 0 Å². The molecule has 0 aliphatic carbocycles. The smallest absolute Gasteiger partial charge is 0.328 e. The van der Waals surface area contributed by atoms with Crippen molar-refractivity contribution in [3.8, 4) is 0 Å². The summed E-state index contributed by atoms with van der Waals surface area (Å²) in [5.41, 5.74) is 5.39. The average molecular weight is 480 g/mol. The number of nitrogens with one attached hydrogen (secondary N) is 1. The standard InChI is InChI=1S/C27H20Cl2FNO2/c1-2-21(22-9-8-20(28)15-23(22)29)26(17-6-3-16(4-7-17)5-10-25(32)33)19-13-18-11-12-31-27(18)24(30)14-19/h3-15,31H,2H2,1H3,(H,32,33). The van der Waals surface area contributed by atoms with Crippen molar-refractivity contribution in [2.45, 2.75) is 13.3 Å². The van der Waals surface area contributed by atoms with Crippen molar-refractivity contribution >= 4 is 57.3 Å². The second-order valence-corrected chi connectivity index (χ2v) is 8.37. The second kappa shape index (κ2) is 9.65. The number of halogens is 3. The number of carbonyl (C=O) groups is 1. The molecule has 0 aliphatic heterocycles. The van der Waals surface area contributed by atoms with Crippen molar-refractivity contribution < 1.29 is 14.3 Å². The van der Waals surface area contributed by atoms with Crippen LogP contribution in [0.2, 0.25) is 10.0 Å². The highest BCUT2D eigenvalue weighted by Crippen LogP contribution is 2.39. The number of allylic oxidation sites excluding steroid dienone is 1. The Bertz CT molecular complexity index is 1400. The molecule has 0 unspecified atom stereocenters. The van der Waals surface area contributed by atoms with Gasteiger partial charge in [-0.15, -0.1) is 0 Å². The zero-order valence-corrected chi connectivity index (χ0v) is 19.2. The predicted octanol–water partition coefficient (Wildman–Crippen LogP) is 8.08. The van der Waals surface area contributed by atoms with E-state index in [0.29, 0.717) is 22.0 Å². The van der Waals surface area contributed by atoms with Crippen LogP contribution in [0.4, 0.5) is 4.39 Å². The molecule has 3 nitrogen and oxygen atoms in total. The Labute approximate surface area is 200 Å². The number of hydrogen-bond donors (Lipinski definition) is 2. The summed E-state index contributed by atoms with van der Waals surface area (Å²) < 4.78 is 14.9. The van der Waals surface area contributed by atoms with E-state index in [1.807, 2.05) is 49.4 Å². The van der Waals surface area contributed by atoms with Crippen LogP contribution in [0.25, 0.3) is 28.1 Å². The molecule has 0 atom stereocenters. The Morgan fingerprint density at radius 2 is 1.79 bits per heavy atom. The number of aromatic amines is 1. The van der Waals surface area contributed by atoms with E-state index in [-0.39, 0.29) is 5.82 Å². The van der Waals surface area contributed by atoms with Gasteiger partial charge in [-0.2, -0.15) is 0 Å². The van der Waals surface area contributed by atoms with E-state index in [1.165, 1.54) is 12.1 Å². The normalized spacial score (nSPS) is 12.4. The van der Waals surface area contributed by atoms with Crippen LogP contribution in [0.5, 0.6) is 0 Å². The maximum absolute atomic E-state index is 14.9. The summed E-state index contributed by atoms with van der Waals surface area (Å²) in [6.45, 7) is 2.02. The topological polar surface area (TPSA) is 53.1 Å². The molecule has 0 aliphatic rings. The molecule has 4 rings (SSSR count).